The van der Waals surface area contributed by atoms with E-state index in [4.69, 9.17) is 19.4 Å². The number of carboxylic acid groups (broad SMARTS) is 1. The minimum Gasteiger partial charge on any atom is -0.486 e. The van der Waals surface area contributed by atoms with E-state index in [1.807, 2.05) is 36.7 Å². The maximum absolute atomic E-state index is 10.6. The monoisotopic (exact) mass is 387 g/mol. The van der Waals surface area contributed by atoms with Crippen LogP contribution in [0.2, 0.25) is 0 Å². The van der Waals surface area contributed by atoms with E-state index in [2.05, 4.69) is 22.1 Å². The number of likely N-dealkylation sites (N-methyl/N-ethyl adjacent to an activating group) is 1. The number of rotatable bonds is 5. The number of hydrogen-bond donors (Lipinski definition) is 2. The van der Waals surface area contributed by atoms with Crippen molar-refractivity contribution >= 4 is 5.97 Å². The summed E-state index contributed by atoms with van der Waals surface area (Å²) in [5, 5.41) is 13.9. The molecule has 2 heterocycles. The lowest BCUT2D eigenvalue weighted by atomic mass is 10.2. The molecule has 2 aromatic rings. The number of carbonyl (C=O) groups is 1. The van der Waals surface area contributed by atoms with Gasteiger partial charge in [-0.1, -0.05) is 12.1 Å². The third kappa shape index (κ3) is 6.81. The summed E-state index contributed by atoms with van der Waals surface area (Å²) < 4.78 is 43.4. The molecule has 27 heavy (non-hydrogen) atoms. The third-order valence-corrected chi connectivity index (χ3v) is 3.66. The fraction of sp³-hybridized carbons (Fsp3) is 0.412. The molecule has 0 bridgehead atoms. The fourth-order valence-corrected chi connectivity index (χ4v) is 2.33. The number of benzene rings is 1. The summed E-state index contributed by atoms with van der Waals surface area (Å²) in [7, 11) is 2.10. The van der Waals surface area contributed by atoms with Crippen LogP contribution >= 0.6 is 0 Å². The van der Waals surface area contributed by atoms with Gasteiger partial charge in [0.25, 0.3) is 0 Å². The van der Waals surface area contributed by atoms with E-state index in [0.29, 0.717) is 6.61 Å². The molecule has 1 aliphatic heterocycles. The van der Waals surface area contributed by atoms with Crippen molar-refractivity contribution in [3.05, 3.63) is 42.2 Å². The van der Waals surface area contributed by atoms with Gasteiger partial charge in [-0.2, -0.15) is 18.3 Å². The number of H-pyrrole nitrogens is 1. The summed E-state index contributed by atoms with van der Waals surface area (Å²) in [4.78, 5) is 11.2. The van der Waals surface area contributed by atoms with Gasteiger partial charge in [-0.3, -0.25) is 5.10 Å². The zero-order chi connectivity index (χ0) is 19.9. The first kappa shape index (κ1) is 20.6. The molecule has 1 aromatic carbocycles. The topological polar surface area (TPSA) is 87.7 Å². The van der Waals surface area contributed by atoms with Crippen LogP contribution in [0.25, 0.3) is 0 Å². The Kier molecular flexibility index (Phi) is 7.05. The summed E-state index contributed by atoms with van der Waals surface area (Å²) in [5.41, 5.74) is 1.23. The first-order valence-corrected chi connectivity index (χ1v) is 8.10. The number of hydrogen-bond acceptors (Lipinski definition) is 5. The lowest BCUT2D eigenvalue weighted by Crippen LogP contribution is -2.40. The Morgan fingerprint density at radius 3 is 2.63 bits per heavy atom. The summed E-state index contributed by atoms with van der Waals surface area (Å²) >= 11 is 0. The van der Waals surface area contributed by atoms with Gasteiger partial charge in [-0.25, -0.2) is 4.79 Å². The van der Waals surface area contributed by atoms with E-state index in [-0.39, 0.29) is 6.10 Å². The van der Waals surface area contributed by atoms with Crippen LogP contribution in [0.15, 0.2) is 36.7 Å². The third-order valence-electron chi connectivity index (χ3n) is 3.66. The van der Waals surface area contributed by atoms with Crippen LogP contribution < -0.4 is 9.47 Å². The molecule has 1 aliphatic rings. The van der Waals surface area contributed by atoms with Gasteiger partial charge >= 0.3 is 12.1 Å². The van der Waals surface area contributed by atoms with Crippen LogP contribution in [0.5, 0.6) is 11.5 Å². The second-order valence-corrected chi connectivity index (χ2v) is 5.92. The number of aliphatic carboxylic acids is 1. The van der Waals surface area contributed by atoms with Crippen LogP contribution in [0.1, 0.15) is 5.56 Å². The predicted octanol–water partition coefficient (Wildman–Crippen LogP) is 2.36. The molecule has 3 rings (SSSR count). The smallest absolute Gasteiger partial charge is 0.486 e. The van der Waals surface area contributed by atoms with Gasteiger partial charge < -0.3 is 19.5 Å². The summed E-state index contributed by atoms with van der Waals surface area (Å²) in [6.45, 7) is 2.43. The van der Waals surface area contributed by atoms with Crippen molar-refractivity contribution in [1.82, 2.24) is 15.1 Å². The van der Waals surface area contributed by atoms with E-state index in [1.165, 1.54) is 5.56 Å². The quantitative estimate of drug-likeness (QED) is 0.819. The van der Waals surface area contributed by atoms with E-state index in [1.54, 1.807) is 0 Å². The van der Waals surface area contributed by atoms with Crippen molar-refractivity contribution in [2.24, 2.45) is 0 Å². The van der Waals surface area contributed by atoms with Crippen LogP contribution in [0, 0.1) is 0 Å². The van der Waals surface area contributed by atoms with E-state index < -0.39 is 12.1 Å². The lowest BCUT2D eigenvalue weighted by Gasteiger charge is -2.29. The number of para-hydroxylation sites is 2. The maximum atomic E-state index is 10.6. The molecule has 10 heteroatoms. The minimum atomic E-state index is -5.08. The number of nitrogens with zero attached hydrogens (tertiary/aromatic N) is 2. The number of halogens is 3. The van der Waals surface area contributed by atoms with Crippen molar-refractivity contribution < 1.29 is 32.5 Å². The van der Waals surface area contributed by atoms with Gasteiger partial charge in [0.15, 0.2) is 11.5 Å². The molecule has 2 N–H and O–H groups in total. The van der Waals surface area contributed by atoms with E-state index >= 15 is 0 Å². The average molecular weight is 387 g/mol. The molecule has 1 atom stereocenters. The highest BCUT2D eigenvalue weighted by Crippen LogP contribution is 2.30. The van der Waals surface area contributed by atoms with Gasteiger partial charge in [-0.05, 0) is 31.2 Å². The van der Waals surface area contributed by atoms with Gasteiger partial charge in [-0.15, -0.1) is 0 Å². The molecule has 0 saturated carbocycles. The molecular formula is C17H20F3N3O4. The Balaban J connectivity index is 0.000000321. The number of alkyl halides is 3. The molecule has 1 unspecified atom stereocenters. The number of aromatic nitrogens is 2. The van der Waals surface area contributed by atoms with E-state index in [0.717, 1.165) is 31.0 Å². The minimum absolute atomic E-state index is 0.0826. The average Bonchev–Trinajstić information content (AvgIpc) is 3.13. The highest BCUT2D eigenvalue weighted by molar-refractivity contribution is 5.73. The fourth-order valence-electron chi connectivity index (χ4n) is 2.33. The van der Waals surface area contributed by atoms with Crippen molar-refractivity contribution in [3.8, 4) is 11.5 Å². The Hall–Kier alpha value is -2.75. The van der Waals surface area contributed by atoms with Crippen molar-refractivity contribution in [2.45, 2.75) is 18.7 Å². The summed E-state index contributed by atoms with van der Waals surface area (Å²) in [5.74, 6) is -1.08. The Morgan fingerprint density at radius 1 is 1.37 bits per heavy atom. The maximum Gasteiger partial charge on any atom is 0.490 e. The molecule has 148 valence electrons. The van der Waals surface area contributed by atoms with Crippen LogP contribution in [0.3, 0.4) is 0 Å². The summed E-state index contributed by atoms with van der Waals surface area (Å²) in [6, 6.07) is 7.81. The van der Waals surface area contributed by atoms with Crippen molar-refractivity contribution in [1.29, 1.82) is 0 Å². The number of fused-ring (bicyclic) bond motifs is 1. The standard InChI is InChI=1S/C15H19N3O2.C2HF3O2/c1-18(7-6-12-8-16-17-9-12)10-13-11-19-14-4-2-3-5-15(14)20-13;3-2(4,5)1(6)7/h2-5,8-9,13H,6-7,10-11H2,1H3,(H,16,17);(H,6,7). The Labute approximate surface area is 153 Å². The molecule has 0 radical (unpaired) electrons. The number of ether oxygens (including phenoxy) is 2. The molecule has 0 aliphatic carbocycles. The zero-order valence-corrected chi connectivity index (χ0v) is 14.6. The van der Waals surface area contributed by atoms with Crippen molar-refractivity contribution in [2.75, 3.05) is 26.7 Å². The molecule has 0 fully saturated rings. The zero-order valence-electron chi connectivity index (χ0n) is 14.6. The molecule has 0 saturated heterocycles. The Morgan fingerprint density at radius 2 is 2.04 bits per heavy atom. The molecule has 7 nitrogen and oxygen atoms in total. The SMILES string of the molecule is CN(CCc1cn[nH]c1)CC1COc2ccccc2O1.O=C(O)C(F)(F)F. The molecular weight excluding hydrogens is 367 g/mol. The summed E-state index contributed by atoms with van der Waals surface area (Å²) in [6.07, 6.45) is -0.217. The van der Waals surface area contributed by atoms with Gasteiger partial charge in [0.05, 0.1) is 6.20 Å². The Bertz CT molecular complexity index is 722. The van der Waals surface area contributed by atoms with Gasteiger partial charge in [0.1, 0.15) is 12.7 Å². The largest absolute Gasteiger partial charge is 0.490 e. The number of nitrogens with one attached hydrogen (secondary N) is 1. The lowest BCUT2D eigenvalue weighted by molar-refractivity contribution is -0.192. The normalized spacial score (nSPS) is 15.8. The molecule has 0 amide bonds. The predicted molar refractivity (Wildman–Crippen MR) is 89.8 cm³/mol. The van der Waals surface area contributed by atoms with Crippen LogP contribution in [-0.4, -0.2) is 65.2 Å². The van der Waals surface area contributed by atoms with Crippen LogP contribution in [-0.2, 0) is 11.2 Å². The van der Waals surface area contributed by atoms with Crippen LogP contribution in [0.4, 0.5) is 13.2 Å². The second kappa shape index (κ2) is 9.26. The molecule has 1 aromatic heterocycles. The first-order valence-electron chi connectivity index (χ1n) is 8.10. The van der Waals surface area contributed by atoms with Gasteiger partial charge in [0, 0.05) is 19.3 Å². The second-order valence-electron chi connectivity index (χ2n) is 5.92. The number of carboxylic acids is 1. The number of aromatic amines is 1. The molecule has 0 spiro atoms. The first-order chi connectivity index (χ1) is 12.8. The van der Waals surface area contributed by atoms with Crippen molar-refractivity contribution in [3.63, 3.8) is 0 Å². The van der Waals surface area contributed by atoms with E-state index in [9.17, 15) is 13.2 Å². The highest BCUT2D eigenvalue weighted by atomic mass is 19.4. The highest BCUT2D eigenvalue weighted by Gasteiger charge is 2.38. The van der Waals surface area contributed by atoms with Gasteiger partial charge in [0.2, 0.25) is 0 Å².